The molecule has 0 spiro atoms. The molecule has 0 saturated heterocycles. The van der Waals surface area contributed by atoms with Gasteiger partial charge in [0.2, 0.25) is 0 Å². The summed E-state index contributed by atoms with van der Waals surface area (Å²) < 4.78 is 5.47. The van der Waals surface area contributed by atoms with Crippen LogP contribution < -0.4 is 5.32 Å². The molecule has 16 heavy (non-hydrogen) atoms. The molecule has 96 valence electrons. The monoisotopic (exact) mass is 228 g/mol. The van der Waals surface area contributed by atoms with Gasteiger partial charge in [-0.15, -0.1) is 0 Å². The highest BCUT2D eigenvalue weighted by molar-refractivity contribution is 4.79. The van der Waals surface area contributed by atoms with E-state index in [0.717, 1.165) is 25.7 Å². The first-order chi connectivity index (χ1) is 7.77. The fourth-order valence-corrected chi connectivity index (χ4v) is 2.47. The van der Waals surface area contributed by atoms with Crippen LogP contribution in [0, 0.1) is 0 Å². The molecule has 0 aromatic heterocycles. The largest absolute Gasteiger partial charge is 0.381 e. The number of rotatable bonds is 7. The molecular weight excluding hydrogens is 200 g/mol. The third-order valence-corrected chi connectivity index (χ3v) is 3.62. The van der Waals surface area contributed by atoms with E-state index in [4.69, 9.17) is 4.74 Å². The summed E-state index contributed by atoms with van der Waals surface area (Å²) in [5.74, 6) is 0. The van der Waals surface area contributed by atoms with E-state index < -0.39 is 0 Å². The first kappa shape index (κ1) is 13.9. The Balaban J connectivity index is 2.16. The molecule has 1 aliphatic rings. The van der Waals surface area contributed by atoms with Crippen LogP contribution in [-0.4, -0.2) is 50.8 Å². The minimum Gasteiger partial charge on any atom is -0.381 e. The molecular formula is C13H28N2O. The molecule has 0 bridgehead atoms. The second-order valence-corrected chi connectivity index (χ2v) is 4.91. The number of hydrogen-bond donors (Lipinski definition) is 1. The topological polar surface area (TPSA) is 24.5 Å². The molecule has 0 radical (unpaired) electrons. The van der Waals surface area contributed by atoms with Crippen molar-refractivity contribution < 1.29 is 4.74 Å². The van der Waals surface area contributed by atoms with E-state index in [1.54, 1.807) is 0 Å². The SMILES string of the molecule is CCCNCCN(C)C1CCCC(OC)C1. The number of ether oxygens (including phenoxy) is 1. The molecule has 3 nitrogen and oxygen atoms in total. The van der Waals surface area contributed by atoms with Gasteiger partial charge in [0, 0.05) is 26.2 Å². The first-order valence-corrected chi connectivity index (χ1v) is 6.71. The van der Waals surface area contributed by atoms with Crippen LogP contribution in [0.25, 0.3) is 0 Å². The fourth-order valence-electron chi connectivity index (χ4n) is 2.47. The Hall–Kier alpha value is -0.120. The lowest BCUT2D eigenvalue weighted by Crippen LogP contribution is -2.41. The molecule has 1 N–H and O–H groups in total. The number of nitrogens with zero attached hydrogens (tertiary/aromatic N) is 1. The Bertz CT molecular complexity index is 175. The summed E-state index contributed by atoms with van der Waals surface area (Å²) >= 11 is 0. The van der Waals surface area contributed by atoms with Gasteiger partial charge in [0.15, 0.2) is 0 Å². The van der Waals surface area contributed by atoms with Crippen molar-refractivity contribution in [2.75, 3.05) is 33.8 Å². The lowest BCUT2D eigenvalue weighted by molar-refractivity contribution is 0.0349. The second kappa shape index (κ2) is 8.04. The van der Waals surface area contributed by atoms with Gasteiger partial charge in [0.25, 0.3) is 0 Å². The lowest BCUT2D eigenvalue weighted by atomic mass is 9.92. The molecule has 1 fully saturated rings. The van der Waals surface area contributed by atoms with Crippen LogP contribution in [0.15, 0.2) is 0 Å². The summed E-state index contributed by atoms with van der Waals surface area (Å²) in [5.41, 5.74) is 0. The van der Waals surface area contributed by atoms with E-state index >= 15 is 0 Å². The molecule has 2 unspecified atom stereocenters. The van der Waals surface area contributed by atoms with E-state index in [1.165, 1.54) is 32.1 Å². The van der Waals surface area contributed by atoms with Crippen molar-refractivity contribution >= 4 is 0 Å². The van der Waals surface area contributed by atoms with Crippen molar-refractivity contribution in [2.24, 2.45) is 0 Å². The van der Waals surface area contributed by atoms with Gasteiger partial charge in [0.1, 0.15) is 0 Å². The minimum absolute atomic E-state index is 0.491. The van der Waals surface area contributed by atoms with E-state index in [0.29, 0.717) is 6.10 Å². The van der Waals surface area contributed by atoms with Crippen molar-refractivity contribution in [1.82, 2.24) is 10.2 Å². The molecule has 1 aliphatic carbocycles. The molecule has 0 aromatic rings. The summed E-state index contributed by atoms with van der Waals surface area (Å²) in [7, 11) is 4.09. The average Bonchev–Trinajstić information content (AvgIpc) is 2.34. The third-order valence-electron chi connectivity index (χ3n) is 3.62. The van der Waals surface area contributed by atoms with Gasteiger partial charge in [-0.2, -0.15) is 0 Å². The van der Waals surface area contributed by atoms with Crippen LogP contribution in [0.5, 0.6) is 0 Å². The molecule has 0 aliphatic heterocycles. The van der Waals surface area contributed by atoms with Crippen LogP contribution >= 0.6 is 0 Å². The smallest absolute Gasteiger partial charge is 0.0586 e. The van der Waals surface area contributed by atoms with Crippen molar-refractivity contribution in [3.05, 3.63) is 0 Å². The summed E-state index contributed by atoms with van der Waals surface area (Å²) in [4.78, 5) is 2.49. The molecule has 1 saturated carbocycles. The quantitative estimate of drug-likeness (QED) is 0.673. The molecule has 1 rings (SSSR count). The van der Waals surface area contributed by atoms with E-state index in [9.17, 15) is 0 Å². The average molecular weight is 228 g/mol. The predicted octanol–water partition coefficient (Wildman–Crippen LogP) is 1.88. The summed E-state index contributed by atoms with van der Waals surface area (Å²) in [5, 5.41) is 3.46. The molecule has 2 atom stereocenters. The van der Waals surface area contributed by atoms with Crippen LogP contribution in [0.1, 0.15) is 39.0 Å². The van der Waals surface area contributed by atoms with Gasteiger partial charge in [-0.05, 0) is 45.7 Å². The molecule has 0 amide bonds. The van der Waals surface area contributed by atoms with Crippen molar-refractivity contribution in [2.45, 2.75) is 51.2 Å². The highest BCUT2D eigenvalue weighted by atomic mass is 16.5. The molecule has 3 heteroatoms. The Morgan fingerprint density at radius 3 is 2.81 bits per heavy atom. The Kier molecular flexibility index (Phi) is 7.01. The normalized spacial score (nSPS) is 26.2. The Morgan fingerprint density at radius 2 is 2.12 bits per heavy atom. The number of nitrogens with one attached hydrogen (secondary N) is 1. The highest BCUT2D eigenvalue weighted by Crippen LogP contribution is 2.23. The second-order valence-electron chi connectivity index (χ2n) is 4.91. The van der Waals surface area contributed by atoms with E-state index in [1.807, 2.05) is 7.11 Å². The number of hydrogen-bond acceptors (Lipinski definition) is 3. The standard InChI is InChI=1S/C13H28N2O/c1-4-8-14-9-10-15(2)12-6-5-7-13(11-12)16-3/h12-14H,4-11H2,1-3H3. The fraction of sp³-hybridized carbons (Fsp3) is 1.00. The Labute approximate surface area is 101 Å². The molecule has 0 heterocycles. The Morgan fingerprint density at radius 1 is 1.31 bits per heavy atom. The van der Waals surface area contributed by atoms with Gasteiger partial charge < -0.3 is 15.0 Å². The van der Waals surface area contributed by atoms with Crippen LogP contribution in [0.3, 0.4) is 0 Å². The maximum Gasteiger partial charge on any atom is 0.0586 e. The lowest BCUT2D eigenvalue weighted by Gasteiger charge is -2.34. The maximum atomic E-state index is 5.47. The minimum atomic E-state index is 0.491. The first-order valence-electron chi connectivity index (χ1n) is 6.71. The van der Waals surface area contributed by atoms with Crippen molar-refractivity contribution in [1.29, 1.82) is 0 Å². The van der Waals surface area contributed by atoms with Crippen molar-refractivity contribution in [3.63, 3.8) is 0 Å². The molecule has 0 aromatic carbocycles. The van der Waals surface area contributed by atoms with E-state index in [-0.39, 0.29) is 0 Å². The number of likely N-dealkylation sites (N-methyl/N-ethyl adjacent to an activating group) is 1. The van der Waals surface area contributed by atoms with Crippen LogP contribution in [0.2, 0.25) is 0 Å². The zero-order chi connectivity index (χ0) is 11.8. The summed E-state index contributed by atoms with van der Waals surface area (Å²) in [6.07, 6.45) is 6.82. The van der Waals surface area contributed by atoms with Gasteiger partial charge in [-0.25, -0.2) is 0 Å². The van der Waals surface area contributed by atoms with Crippen molar-refractivity contribution in [3.8, 4) is 0 Å². The van der Waals surface area contributed by atoms with Gasteiger partial charge in [-0.3, -0.25) is 0 Å². The predicted molar refractivity (Wildman–Crippen MR) is 68.8 cm³/mol. The maximum absolute atomic E-state index is 5.47. The summed E-state index contributed by atoms with van der Waals surface area (Å²) in [6.45, 7) is 5.61. The van der Waals surface area contributed by atoms with Crippen LogP contribution in [-0.2, 0) is 4.74 Å². The zero-order valence-electron chi connectivity index (χ0n) is 11.2. The van der Waals surface area contributed by atoms with Gasteiger partial charge >= 0.3 is 0 Å². The van der Waals surface area contributed by atoms with E-state index in [2.05, 4.69) is 24.2 Å². The highest BCUT2D eigenvalue weighted by Gasteiger charge is 2.24. The zero-order valence-corrected chi connectivity index (χ0v) is 11.2. The van der Waals surface area contributed by atoms with Gasteiger partial charge in [-0.1, -0.05) is 6.92 Å². The number of methoxy groups -OCH3 is 1. The van der Waals surface area contributed by atoms with Gasteiger partial charge in [0.05, 0.1) is 6.10 Å². The summed E-state index contributed by atoms with van der Waals surface area (Å²) in [6, 6.07) is 0.724. The van der Waals surface area contributed by atoms with Crippen LogP contribution in [0.4, 0.5) is 0 Å². The third kappa shape index (κ3) is 4.81.